The first-order chi connectivity index (χ1) is 12.8. The van der Waals surface area contributed by atoms with Crippen LogP contribution in [0.25, 0.3) is 0 Å². The Hall–Kier alpha value is -2.53. The Bertz CT molecular complexity index is 850. The number of nitrogens with zero attached hydrogens (tertiary/aromatic N) is 2. The van der Waals surface area contributed by atoms with Crippen LogP contribution in [0.3, 0.4) is 0 Å². The van der Waals surface area contributed by atoms with Crippen LogP contribution in [0.2, 0.25) is 5.02 Å². The Labute approximate surface area is 166 Å². The quantitative estimate of drug-likeness (QED) is 0.398. The predicted molar refractivity (Wildman–Crippen MR) is 113 cm³/mol. The zero-order valence-electron chi connectivity index (χ0n) is 16.5. The molecule has 2 aromatic rings. The van der Waals surface area contributed by atoms with Crippen LogP contribution in [0.1, 0.15) is 28.4 Å². The van der Waals surface area contributed by atoms with Crippen LogP contribution < -0.4 is 10.1 Å². The number of Topliss-reactive ketones (excluding diaryl/α,β-unsaturated/α-hetero) is 1. The van der Waals surface area contributed by atoms with E-state index in [1.807, 2.05) is 44.0 Å². The minimum absolute atomic E-state index is 0.0174. The molecular formula is C21H26ClN3O2. The zero-order chi connectivity index (χ0) is 20.0. The summed E-state index contributed by atoms with van der Waals surface area (Å²) >= 11 is 6.12. The van der Waals surface area contributed by atoms with Gasteiger partial charge in [-0.2, -0.15) is 0 Å². The fourth-order valence-corrected chi connectivity index (χ4v) is 2.79. The molecule has 0 atom stereocenters. The number of benzene rings is 2. The summed E-state index contributed by atoms with van der Waals surface area (Å²) in [6.07, 6.45) is 1.80. The molecule has 0 bridgehead atoms. The summed E-state index contributed by atoms with van der Waals surface area (Å²) in [5, 5.41) is 3.62. The number of halogens is 1. The predicted octanol–water partition coefficient (Wildman–Crippen LogP) is 4.87. The SMILES string of the molecule is CCN(C)C=Nc1cc(C)c(C(=O)CNc2ccc(OC)c(Cl)c2)cc1C. The van der Waals surface area contributed by atoms with Crippen LogP contribution in [-0.2, 0) is 0 Å². The molecule has 0 spiro atoms. The van der Waals surface area contributed by atoms with Crippen molar-refractivity contribution in [1.82, 2.24) is 4.90 Å². The molecule has 0 saturated carbocycles. The lowest BCUT2D eigenvalue weighted by Gasteiger charge is -2.12. The van der Waals surface area contributed by atoms with Crippen molar-refractivity contribution < 1.29 is 9.53 Å². The summed E-state index contributed by atoms with van der Waals surface area (Å²) < 4.78 is 5.14. The van der Waals surface area contributed by atoms with Crippen molar-refractivity contribution >= 4 is 35.1 Å². The minimum atomic E-state index is 0.0174. The number of hydrogen-bond acceptors (Lipinski definition) is 4. The average molecular weight is 388 g/mol. The summed E-state index contributed by atoms with van der Waals surface area (Å²) in [6, 6.07) is 9.20. The van der Waals surface area contributed by atoms with Gasteiger partial charge in [0, 0.05) is 24.8 Å². The maximum Gasteiger partial charge on any atom is 0.182 e. The average Bonchev–Trinajstić information content (AvgIpc) is 2.66. The fourth-order valence-electron chi connectivity index (χ4n) is 2.54. The van der Waals surface area contributed by atoms with E-state index in [9.17, 15) is 4.79 Å². The second kappa shape index (κ2) is 9.42. The molecule has 2 rings (SSSR count). The van der Waals surface area contributed by atoms with Gasteiger partial charge in [-0.3, -0.25) is 4.79 Å². The molecular weight excluding hydrogens is 362 g/mol. The Morgan fingerprint density at radius 2 is 2.00 bits per heavy atom. The van der Waals surface area contributed by atoms with Crippen LogP contribution >= 0.6 is 11.6 Å². The third-order valence-electron chi connectivity index (χ3n) is 4.34. The number of anilines is 1. The molecule has 27 heavy (non-hydrogen) atoms. The van der Waals surface area contributed by atoms with Crippen molar-refractivity contribution in [3.8, 4) is 5.75 Å². The number of methoxy groups -OCH3 is 1. The van der Waals surface area contributed by atoms with Gasteiger partial charge in [-0.05, 0) is 62.2 Å². The highest BCUT2D eigenvalue weighted by molar-refractivity contribution is 6.32. The molecule has 0 heterocycles. The van der Waals surface area contributed by atoms with E-state index in [4.69, 9.17) is 16.3 Å². The van der Waals surface area contributed by atoms with E-state index in [1.165, 1.54) is 0 Å². The largest absolute Gasteiger partial charge is 0.495 e. The first kappa shape index (κ1) is 20.8. The number of aryl methyl sites for hydroxylation is 2. The van der Waals surface area contributed by atoms with Crippen LogP contribution in [0.5, 0.6) is 5.75 Å². The lowest BCUT2D eigenvalue weighted by Crippen LogP contribution is -2.15. The van der Waals surface area contributed by atoms with E-state index in [1.54, 1.807) is 25.6 Å². The Balaban J connectivity index is 2.11. The lowest BCUT2D eigenvalue weighted by molar-refractivity contribution is 0.101. The van der Waals surface area contributed by atoms with Crippen LogP contribution in [0.15, 0.2) is 35.3 Å². The first-order valence-corrected chi connectivity index (χ1v) is 9.19. The number of aliphatic imine (C=N–C) groups is 1. The lowest BCUT2D eigenvalue weighted by atomic mass is 10.0. The van der Waals surface area contributed by atoms with Crippen LogP contribution in [-0.4, -0.2) is 44.3 Å². The molecule has 0 saturated heterocycles. The van der Waals surface area contributed by atoms with Gasteiger partial charge < -0.3 is 15.0 Å². The molecule has 0 amide bonds. The minimum Gasteiger partial charge on any atom is -0.495 e. The molecule has 144 valence electrons. The third kappa shape index (κ3) is 5.47. The van der Waals surface area contributed by atoms with E-state index in [0.29, 0.717) is 16.3 Å². The van der Waals surface area contributed by atoms with E-state index >= 15 is 0 Å². The maximum atomic E-state index is 12.7. The molecule has 5 nitrogen and oxygen atoms in total. The van der Waals surface area contributed by atoms with Crippen molar-refractivity contribution in [2.45, 2.75) is 20.8 Å². The molecule has 0 fully saturated rings. The van der Waals surface area contributed by atoms with E-state index in [0.717, 1.165) is 29.0 Å². The normalized spacial score (nSPS) is 10.9. The smallest absolute Gasteiger partial charge is 0.182 e. The van der Waals surface area contributed by atoms with Gasteiger partial charge in [0.15, 0.2) is 5.78 Å². The zero-order valence-corrected chi connectivity index (χ0v) is 17.2. The summed E-state index contributed by atoms with van der Waals surface area (Å²) in [7, 11) is 3.54. The van der Waals surface area contributed by atoms with Crippen molar-refractivity contribution in [2.24, 2.45) is 4.99 Å². The molecule has 0 aliphatic rings. The Kier molecular flexibility index (Phi) is 7.25. The van der Waals surface area contributed by atoms with Crippen molar-refractivity contribution in [3.05, 3.63) is 52.0 Å². The molecule has 1 N–H and O–H groups in total. The summed E-state index contributed by atoms with van der Waals surface area (Å²) in [5.74, 6) is 0.619. The van der Waals surface area contributed by atoms with Crippen LogP contribution in [0, 0.1) is 13.8 Å². The number of rotatable bonds is 8. The summed E-state index contributed by atoms with van der Waals surface area (Å²) in [5.41, 5.74) is 4.22. The highest BCUT2D eigenvalue weighted by Gasteiger charge is 2.12. The maximum absolute atomic E-state index is 12.7. The summed E-state index contributed by atoms with van der Waals surface area (Å²) in [6.45, 7) is 7.03. The molecule has 0 radical (unpaired) electrons. The van der Waals surface area contributed by atoms with Crippen molar-refractivity contribution in [2.75, 3.05) is 32.6 Å². The van der Waals surface area contributed by atoms with Gasteiger partial charge in [-0.25, -0.2) is 4.99 Å². The molecule has 0 unspecified atom stereocenters. The highest BCUT2D eigenvalue weighted by Crippen LogP contribution is 2.27. The van der Waals surface area contributed by atoms with Crippen molar-refractivity contribution in [1.29, 1.82) is 0 Å². The highest BCUT2D eigenvalue weighted by atomic mass is 35.5. The first-order valence-electron chi connectivity index (χ1n) is 8.82. The number of carbonyl (C=O) groups is 1. The molecule has 0 aromatic heterocycles. The number of ether oxygens (including phenoxy) is 1. The third-order valence-corrected chi connectivity index (χ3v) is 4.64. The fraction of sp³-hybridized carbons (Fsp3) is 0.333. The van der Waals surface area contributed by atoms with Crippen LogP contribution in [0.4, 0.5) is 11.4 Å². The number of nitrogens with one attached hydrogen (secondary N) is 1. The number of hydrogen-bond donors (Lipinski definition) is 1. The number of carbonyl (C=O) groups excluding carboxylic acids is 1. The summed E-state index contributed by atoms with van der Waals surface area (Å²) in [4.78, 5) is 19.2. The molecule has 0 aliphatic heterocycles. The van der Waals surface area contributed by atoms with Gasteiger partial charge >= 0.3 is 0 Å². The molecule has 2 aromatic carbocycles. The topological polar surface area (TPSA) is 53.9 Å². The van der Waals surface area contributed by atoms with Gasteiger partial charge in [0.2, 0.25) is 0 Å². The monoisotopic (exact) mass is 387 g/mol. The van der Waals surface area contributed by atoms with E-state index in [-0.39, 0.29) is 12.3 Å². The second-order valence-electron chi connectivity index (χ2n) is 6.40. The van der Waals surface area contributed by atoms with Gasteiger partial charge in [-0.15, -0.1) is 0 Å². The second-order valence-corrected chi connectivity index (χ2v) is 6.80. The Morgan fingerprint density at radius 1 is 1.26 bits per heavy atom. The van der Waals surface area contributed by atoms with Gasteiger partial charge in [0.05, 0.1) is 30.7 Å². The molecule has 0 aliphatic carbocycles. The van der Waals surface area contributed by atoms with Gasteiger partial charge in [0.25, 0.3) is 0 Å². The van der Waals surface area contributed by atoms with E-state index < -0.39 is 0 Å². The van der Waals surface area contributed by atoms with Crippen molar-refractivity contribution in [3.63, 3.8) is 0 Å². The standard InChI is InChI=1S/C21H26ClN3O2/c1-6-25(4)13-24-19-10-14(2)17(9-15(19)3)20(26)12-23-16-7-8-21(27-5)18(22)11-16/h7-11,13,23H,6,12H2,1-5H3. The molecule has 6 heteroatoms. The Morgan fingerprint density at radius 3 is 2.63 bits per heavy atom. The number of ketones is 1. The van der Waals surface area contributed by atoms with Gasteiger partial charge in [0.1, 0.15) is 5.75 Å². The van der Waals surface area contributed by atoms with E-state index in [2.05, 4.69) is 17.2 Å². The van der Waals surface area contributed by atoms with Gasteiger partial charge in [-0.1, -0.05) is 11.6 Å².